The van der Waals surface area contributed by atoms with E-state index in [4.69, 9.17) is 4.74 Å². The van der Waals surface area contributed by atoms with E-state index in [-0.39, 0.29) is 35.2 Å². The van der Waals surface area contributed by atoms with Crippen LogP contribution in [0.5, 0.6) is 17.4 Å². The molecule has 1 aliphatic heterocycles. The van der Waals surface area contributed by atoms with Crippen LogP contribution in [-0.2, 0) is 13.6 Å². The molecule has 49 heavy (non-hydrogen) atoms. The van der Waals surface area contributed by atoms with Crippen molar-refractivity contribution >= 4 is 11.8 Å². The Kier molecular flexibility index (Phi) is 10.3. The molecule has 4 N–H and O–H groups in total. The minimum absolute atomic E-state index is 0.00882. The molecule has 12 heteroatoms. The van der Waals surface area contributed by atoms with Crippen LogP contribution in [0.3, 0.4) is 0 Å². The second-order valence-electron chi connectivity index (χ2n) is 13.5. The molecule has 258 valence electrons. The van der Waals surface area contributed by atoms with E-state index >= 15 is 0 Å². The molecule has 1 saturated heterocycles. The summed E-state index contributed by atoms with van der Waals surface area (Å²) in [6.07, 6.45) is 3.69. The van der Waals surface area contributed by atoms with E-state index in [1.54, 1.807) is 36.0 Å². The van der Waals surface area contributed by atoms with Gasteiger partial charge in [-0.15, -0.1) is 0 Å². The highest BCUT2D eigenvalue weighted by Crippen LogP contribution is 2.32. The molecule has 4 aromatic rings. The lowest BCUT2D eigenvalue weighted by molar-refractivity contribution is 0.0887. The average molecular weight is 670 g/mol. The van der Waals surface area contributed by atoms with Gasteiger partial charge in [0.05, 0.1) is 6.20 Å². The molecule has 0 bridgehead atoms. The van der Waals surface area contributed by atoms with Gasteiger partial charge in [0.1, 0.15) is 28.6 Å². The third kappa shape index (κ3) is 8.62. The Morgan fingerprint density at radius 3 is 2.33 bits per heavy atom. The van der Waals surface area contributed by atoms with E-state index in [1.807, 2.05) is 25.1 Å². The average Bonchev–Trinajstić information content (AvgIpc) is 3.40. The highest BCUT2D eigenvalue weighted by Gasteiger charge is 2.27. The molecule has 2 fully saturated rings. The van der Waals surface area contributed by atoms with Crippen molar-refractivity contribution in [2.75, 3.05) is 13.1 Å². The highest BCUT2D eigenvalue weighted by molar-refractivity contribution is 5.96. The molecule has 0 unspecified atom stereocenters. The van der Waals surface area contributed by atoms with Crippen molar-refractivity contribution < 1.29 is 23.8 Å². The predicted molar refractivity (Wildman–Crippen MR) is 184 cm³/mol. The maximum absolute atomic E-state index is 14.4. The van der Waals surface area contributed by atoms with Gasteiger partial charge in [0.15, 0.2) is 0 Å². The molecule has 2 amide bonds. The van der Waals surface area contributed by atoms with Crippen LogP contribution >= 0.6 is 0 Å². The number of aryl methyl sites for hydroxylation is 2. The second kappa shape index (κ2) is 14.8. The largest absolute Gasteiger partial charge is 0.508 e. The van der Waals surface area contributed by atoms with Crippen molar-refractivity contribution in [2.45, 2.75) is 77.2 Å². The van der Waals surface area contributed by atoms with Crippen LogP contribution in [0.2, 0.25) is 0 Å². The third-order valence-electron chi connectivity index (χ3n) is 9.21. The van der Waals surface area contributed by atoms with Crippen molar-refractivity contribution in [1.82, 2.24) is 35.6 Å². The lowest BCUT2D eigenvalue weighted by atomic mass is 9.91. The number of pyridine rings is 1. The fraction of sp³-hybridized carbons (Fsp3) is 0.405. The molecule has 6 rings (SSSR count). The minimum atomic E-state index is -0.650. The number of hydrogen-bond acceptors (Lipinski definition) is 8. The monoisotopic (exact) mass is 669 g/mol. The van der Waals surface area contributed by atoms with Gasteiger partial charge in [-0.3, -0.25) is 19.2 Å². The number of halogens is 1. The van der Waals surface area contributed by atoms with Gasteiger partial charge in [-0.25, -0.2) is 9.37 Å². The van der Waals surface area contributed by atoms with Crippen LogP contribution in [0, 0.1) is 12.7 Å². The molecule has 2 atom stereocenters. The SMILES string of the molecule is Cc1cc(C(=O)NC2CCC(NC(=O)c3cc(F)cnc3Oc3cccc(-c4cc(O)cc(CN5C[C@@H](C)N[C@@H](C)C5)c4)c3)CC2)nn1C. The van der Waals surface area contributed by atoms with E-state index in [0.29, 0.717) is 55.8 Å². The Hall–Kier alpha value is -4.81. The number of carbonyl (C=O) groups excluding carboxylic acids is 2. The molecule has 0 radical (unpaired) electrons. The fourth-order valence-electron chi connectivity index (χ4n) is 6.86. The number of amides is 2. The number of nitrogens with zero attached hydrogens (tertiary/aromatic N) is 4. The van der Waals surface area contributed by atoms with Gasteiger partial charge in [0.25, 0.3) is 11.8 Å². The van der Waals surface area contributed by atoms with Crippen LogP contribution in [-0.4, -0.2) is 73.8 Å². The van der Waals surface area contributed by atoms with Crippen LogP contribution in [0.25, 0.3) is 11.1 Å². The fourth-order valence-corrected chi connectivity index (χ4v) is 6.86. The summed E-state index contributed by atoms with van der Waals surface area (Å²) in [6, 6.07) is 16.3. The first-order chi connectivity index (χ1) is 23.5. The number of benzene rings is 2. The molecule has 2 aromatic carbocycles. The van der Waals surface area contributed by atoms with Gasteiger partial charge in [0.2, 0.25) is 5.88 Å². The third-order valence-corrected chi connectivity index (χ3v) is 9.21. The Morgan fingerprint density at radius 1 is 0.959 bits per heavy atom. The minimum Gasteiger partial charge on any atom is -0.508 e. The first-order valence-corrected chi connectivity index (χ1v) is 16.9. The first-order valence-electron chi connectivity index (χ1n) is 16.9. The van der Waals surface area contributed by atoms with Crippen molar-refractivity contribution in [2.24, 2.45) is 7.05 Å². The molecule has 0 spiro atoms. The number of rotatable bonds is 9. The molecular weight excluding hydrogens is 625 g/mol. The van der Waals surface area contributed by atoms with E-state index in [2.05, 4.69) is 50.8 Å². The van der Waals surface area contributed by atoms with Crippen molar-refractivity contribution in [3.05, 3.63) is 89.1 Å². The summed E-state index contributed by atoms with van der Waals surface area (Å²) in [5.41, 5.74) is 3.91. The molecule has 1 saturated carbocycles. The van der Waals surface area contributed by atoms with Gasteiger partial charge in [0, 0.05) is 56.5 Å². The Bertz CT molecular complexity index is 1790. The Morgan fingerprint density at radius 2 is 1.65 bits per heavy atom. The lowest BCUT2D eigenvalue weighted by Gasteiger charge is -2.36. The molecule has 1 aliphatic carbocycles. The summed E-state index contributed by atoms with van der Waals surface area (Å²) in [7, 11) is 1.80. The summed E-state index contributed by atoms with van der Waals surface area (Å²) < 4.78 is 22.1. The van der Waals surface area contributed by atoms with Crippen LogP contribution in [0.4, 0.5) is 4.39 Å². The quantitative estimate of drug-likeness (QED) is 0.194. The number of aromatic nitrogens is 3. The van der Waals surface area contributed by atoms with Crippen LogP contribution < -0.4 is 20.7 Å². The summed E-state index contributed by atoms with van der Waals surface area (Å²) >= 11 is 0. The van der Waals surface area contributed by atoms with Crippen molar-refractivity contribution in [3.8, 4) is 28.5 Å². The first kappa shape index (κ1) is 34.1. The molecular formula is C37H44FN7O4. The van der Waals surface area contributed by atoms with Gasteiger partial charge >= 0.3 is 0 Å². The number of phenols is 1. The smallest absolute Gasteiger partial charge is 0.272 e. The zero-order chi connectivity index (χ0) is 34.7. The van der Waals surface area contributed by atoms with E-state index in [0.717, 1.165) is 47.7 Å². The number of ether oxygens (including phenoxy) is 1. The molecule has 3 heterocycles. The van der Waals surface area contributed by atoms with Gasteiger partial charge < -0.3 is 25.8 Å². The maximum Gasteiger partial charge on any atom is 0.272 e. The normalized spacial score (nSPS) is 21.2. The number of phenolic OH excluding ortho intramolecular Hbond substituents is 1. The lowest BCUT2D eigenvalue weighted by Crippen LogP contribution is -2.53. The number of hydrogen-bond donors (Lipinski definition) is 4. The number of piperazine rings is 1. The number of nitrogens with one attached hydrogen (secondary N) is 3. The molecule has 11 nitrogen and oxygen atoms in total. The molecule has 2 aliphatic rings. The second-order valence-corrected chi connectivity index (χ2v) is 13.5. The standard InChI is InChI=1S/C37H44FN7O4/c1-22-19-45(20-23(2)40-22)21-25-13-27(15-31(46)14-25)26-6-5-7-32(16-26)49-37-33(17-28(38)18-39-37)35(47)41-29-8-10-30(11-9-29)42-36(48)34-12-24(3)44(4)43-34/h5-7,12-18,22-23,29-30,40,46H,8-11,19-21H2,1-4H3,(H,41,47)(H,42,48)/t22-,23+,29?,30?. The Balaban J connectivity index is 1.10. The summed E-state index contributed by atoms with van der Waals surface area (Å²) in [4.78, 5) is 32.5. The zero-order valence-electron chi connectivity index (χ0n) is 28.4. The zero-order valence-corrected chi connectivity index (χ0v) is 28.4. The van der Waals surface area contributed by atoms with Crippen LogP contribution in [0.15, 0.2) is 60.8 Å². The van der Waals surface area contributed by atoms with Crippen molar-refractivity contribution in [1.29, 1.82) is 0 Å². The summed E-state index contributed by atoms with van der Waals surface area (Å²) in [6.45, 7) is 8.80. The highest BCUT2D eigenvalue weighted by atomic mass is 19.1. The van der Waals surface area contributed by atoms with Crippen molar-refractivity contribution in [3.63, 3.8) is 0 Å². The number of carbonyl (C=O) groups is 2. The summed E-state index contributed by atoms with van der Waals surface area (Å²) in [5.74, 6) is -0.765. The van der Waals surface area contributed by atoms with Gasteiger partial charge in [-0.2, -0.15) is 5.10 Å². The molecule has 2 aromatic heterocycles. The van der Waals surface area contributed by atoms with E-state index < -0.39 is 11.7 Å². The van der Waals surface area contributed by atoms with E-state index in [1.165, 1.54) is 0 Å². The van der Waals surface area contributed by atoms with E-state index in [9.17, 15) is 19.1 Å². The maximum atomic E-state index is 14.4. The topological polar surface area (TPSA) is 134 Å². The Labute approximate surface area is 285 Å². The number of aromatic hydroxyl groups is 1. The predicted octanol–water partition coefficient (Wildman–Crippen LogP) is 5.08. The van der Waals surface area contributed by atoms with Gasteiger partial charge in [-0.1, -0.05) is 12.1 Å². The van der Waals surface area contributed by atoms with Gasteiger partial charge in [-0.05, 0) is 106 Å². The summed E-state index contributed by atoms with van der Waals surface area (Å²) in [5, 5.41) is 24.4. The van der Waals surface area contributed by atoms with Crippen LogP contribution in [0.1, 0.15) is 71.6 Å².